The third-order valence-corrected chi connectivity index (χ3v) is 5.18. The van der Waals surface area contributed by atoms with Crippen LogP contribution in [-0.4, -0.2) is 29.1 Å². The molecule has 2 unspecified atom stereocenters. The van der Waals surface area contributed by atoms with Crippen molar-refractivity contribution in [3.05, 3.63) is 33.9 Å². The molecule has 3 rings (SSSR count). The number of halogens is 1. The first kappa shape index (κ1) is 11.9. The maximum absolute atomic E-state index is 14.1. The minimum Gasteiger partial charge on any atom is -0.378 e. The smallest absolute Gasteiger partial charge is 0.270 e. The molecule has 1 saturated heterocycles. The molecule has 2 aliphatic heterocycles. The van der Waals surface area contributed by atoms with Gasteiger partial charge < -0.3 is 4.74 Å². The zero-order valence-electron chi connectivity index (χ0n) is 9.60. The van der Waals surface area contributed by atoms with Gasteiger partial charge in [0, 0.05) is 23.6 Å². The Labute approximate surface area is 108 Å². The molecule has 1 aromatic rings. The van der Waals surface area contributed by atoms with Gasteiger partial charge in [-0.1, -0.05) is 6.07 Å². The normalized spacial score (nSPS) is 30.4. The summed E-state index contributed by atoms with van der Waals surface area (Å²) >= 11 is 1.44. The third-order valence-electron chi connectivity index (χ3n) is 3.57. The maximum atomic E-state index is 14.1. The van der Waals surface area contributed by atoms with Crippen LogP contribution in [-0.2, 0) is 11.2 Å². The van der Waals surface area contributed by atoms with Gasteiger partial charge in [0.05, 0.1) is 16.3 Å². The van der Waals surface area contributed by atoms with E-state index in [4.69, 9.17) is 4.74 Å². The fraction of sp³-hybridized carbons (Fsp3) is 0.500. The van der Waals surface area contributed by atoms with Gasteiger partial charge in [-0.2, -0.15) is 0 Å². The molecule has 0 aliphatic carbocycles. The van der Waals surface area contributed by atoms with Crippen LogP contribution >= 0.6 is 11.8 Å². The van der Waals surface area contributed by atoms with E-state index in [0.717, 1.165) is 10.5 Å². The SMILES string of the molecule is O=[N+]([O-])c1ccc2c(c1)SC1(CCOCC1F)C2. The molecule has 2 heterocycles. The Kier molecular flexibility index (Phi) is 2.79. The van der Waals surface area contributed by atoms with Crippen LogP contribution in [0.1, 0.15) is 12.0 Å². The number of hydrogen-bond acceptors (Lipinski definition) is 4. The van der Waals surface area contributed by atoms with Crippen molar-refractivity contribution < 1.29 is 14.1 Å². The highest BCUT2D eigenvalue weighted by Crippen LogP contribution is 2.51. The number of nitrogens with zero attached hydrogens (tertiary/aromatic N) is 1. The molecule has 2 atom stereocenters. The van der Waals surface area contributed by atoms with Gasteiger partial charge in [0.25, 0.3) is 5.69 Å². The summed E-state index contributed by atoms with van der Waals surface area (Å²) in [6.07, 6.45) is 0.277. The van der Waals surface area contributed by atoms with E-state index in [9.17, 15) is 14.5 Å². The van der Waals surface area contributed by atoms with Crippen LogP contribution in [0.3, 0.4) is 0 Å². The van der Waals surface area contributed by atoms with Gasteiger partial charge in [-0.25, -0.2) is 4.39 Å². The van der Waals surface area contributed by atoms with E-state index >= 15 is 0 Å². The monoisotopic (exact) mass is 269 g/mol. The second-order valence-electron chi connectivity index (χ2n) is 4.69. The van der Waals surface area contributed by atoms with Crippen LogP contribution in [0, 0.1) is 10.1 Å². The molecule has 0 amide bonds. The topological polar surface area (TPSA) is 52.4 Å². The summed E-state index contributed by atoms with van der Waals surface area (Å²) in [6.45, 7) is 0.687. The number of non-ortho nitro benzene ring substituents is 1. The number of rotatable bonds is 1. The van der Waals surface area contributed by atoms with Crippen LogP contribution in [0.5, 0.6) is 0 Å². The Morgan fingerprint density at radius 3 is 3.11 bits per heavy atom. The van der Waals surface area contributed by atoms with Crippen molar-refractivity contribution in [2.45, 2.75) is 28.7 Å². The van der Waals surface area contributed by atoms with E-state index in [1.807, 2.05) is 0 Å². The standard InChI is InChI=1S/C12H12FNO3S/c13-11-7-17-4-3-12(11)6-8-1-2-9(14(15)16)5-10(8)18-12/h1-2,5,11H,3-4,6-7H2. The Morgan fingerprint density at radius 1 is 1.56 bits per heavy atom. The quantitative estimate of drug-likeness (QED) is 0.581. The van der Waals surface area contributed by atoms with Gasteiger partial charge in [0.15, 0.2) is 0 Å². The van der Waals surface area contributed by atoms with Crippen LogP contribution < -0.4 is 0 Å². The van der Waals surface area contributed by atoms with Crippen LogP contribution in [0.4, 0.5) is 10.1 Å². The molecule has 1 spiro atoms. The van der Waals surface area contributed by atoms with Gasteiger partial charge in [-0.3, -0.25) is 10.1 Å². The van der Waals surface area contributed by atoms with Crippen LogP contribution in [0.25, 0.3) is 0 Å². The lowest BCUT2D eigenvalue weighted by atomic mass is 9.90. The largest absolute Gasteiger partial charge is 0.378 e. The lowest BCUT2D eigenvalue weighted by molar-refractivity contribution is -0.385. The van der Waals surface area contributed by atoms with Gasteiger partial charge in [0.2, 0.25) is 0 Å². The Hall–Kier alpha value is -1.14. The van der Waals surface area contributed by atoms with Gasteiger partial charge in [-0.05, 0) is 18.4 Å². The maximum Gasteiger partial charge on any atom is 0.270 e. The Balaban J connectivity index is 1.92. The number of hydrogen-bond donors (Lipinski definition) is 0. The molecule has 0 saturated carbocycles. The molecule has 1 aromatic carbocycles. The number of thioether (sulfide) groups is 1. The summed E-state index contributed by atoms with van der Waals surface area (Å²) in [4.78, 5) is 11.2. The number of fused-ring (bicyclic) bond motifs is 1. The summed E-state index contributed by atoms with van der Waals surface area (Å²) in [7, 11) is 0. The van der Waals surface area contributed by atoms with Crippen molar-refractivity contribution in [1.29, 1.82) is 0 Å². The third kappa shape index (κ3) is 1.80. The van der Waals surface area contributed by atoms with Crippen LogP contribution in [0.15, 0.2) is 23.1 Å². The average molecular weight is 269 g/mol. The van der Waals surface area contributed by atoms with Crippen molar-refractivity contribution >= 4 is 17.4 Å². The van der Waals surface area contributed by atoms with Crippen molar-refractivity contribution in [3.63, 3.8) is 0 Å². The molecule has 0 N–H and O–H groups in total. The number of nitro benzene ring substituents is 1. The highest BCUT2D eigenvalue weighted by molar-refractivity contribution is 8.01. The van der Waals surface area contributed by atoms with Gasteiger partial charge >= 0.3 is 0 Å². The molecule has 4 nitrogen and oxygen atoms in total. The predicted octanol–water partition coefficient (Wildman–Crippen LogP) is 2.74. The van der Waals surface area contributed by atoms with E-state index in [1.54, 1.807) is 12.1 Å². The first-order valence-corrected chi connectivity index (χ1v) is 6.60. The van der Waals surface area contributed by atoms with Gasteiger partial charge in [-0.15, -0.1) is 11.8 Å². The molecular weight excluding hydrogens is 257 g/mol. The first-order valence-electron chi connectivity index (χ1n) is 5.79. The van der Waals surface area contributed by atoms with E-state index in [2.05, 4.69) is 0 Å². The van der Waals surface area contributed by atoms with E-state index in [0.29, 0.717) is 19.4 Å². The molecule has 0 aromatic heterocycles. The van der Waals surface area contributed by atoms with E-state index < -0.39 is 15.8 Å². The molecule has 0 bridgehead atoms. The molecule has 2 aliphatic rings. The van der Waals surface area contributed by atoms with Crippen molar-refractivity contribution in [3.8, 4) is 0 Å². The van der Waals surface area contributed by atoms with Crippen LogP contribution in [0.2, 0.25) is 0 Å². The summed E-state index contributed by atoms with van der Waals surface area (Å²) in [5.41, 5.74) is 1.08. The van der Waals surface area contributed by atoms with E-state index in [-0.39, 0.29) is 12.3 Å². The lowest BCUT2D eigenvalue weighted by Gasteiger charge is -2.35. The second-order valence-corrected chi connectivity index (χ2v) is 6.14. The molecule has 1 fully saturated rings. The van der Waals surface area contributed by atoms with E-state index in [1.165, 1.54) is 17.8 Å². The predicted molar refractivity (Wildman–Crippen MR) is 65.7 cm³/mol. The molecule has 0 radical (unpaired) electrons. The zero-order valence-corrected chi connectivity index (χ0v) is 10.4. The minimum atomic E-state index is -1.01. The fourth-order valence-corrected chi connectivity index (χ4v) is 4.03. The second kappa shape index (κ2) is 4.20. The van der Waals surface area contributed by atoms with Crippen molar-refractivity contribution in [2.75, 3.05) is 13.2 Å². The molecule has 18 heavy (non-hydrogen) atoms. The first-order chi connectivity index (χ1) is 8.61. The summed E-state index contributed by atoms with van der Waals surface area (Å²) in [5.74, 6) is 0. The number of nitro groups is 1. The minimum absolute atomic E-state index is 0.0702. The lowest BCUT2D eigenvalue weighted by Crippen LogP contribution is -2.44. The summed E-state index contributed by atoms with van der Waals surface area (Å²) < 4.78 is 18.7. The summed E-state index contributed by atoms with van der Waals surface area (Å²) in [6, 6.07) is 4.79. The fourth-order valence-electron chi connectivity index (χ4n) is 2.53. The van der Waals surface area contributed by atoms with Gasteiger partial charge in [0.1, 0.15) is 6.17 Å². The zero-order chi connectivity index (χ0) is 12.8. The summed E-state index contributed by atoms with van der Waals surface area (Å²) in [5, 5.41) is 10.7. The Morgan fingerprint density at radius 2 is 2.39 bits per heavy atom. The molecular formula is C12H12FNO3S. The number of alkyl halides is 1. The highest BCUT2D eigenvalue weighted by Gasteiger charge is 2.47. The number of ether oxygens (including phenoxy) is 1. The van der Waals surface area contributed by atoms with Crippen molar-refractivity contribution in [2.24, 2.45) is 0 Å². The molecule has 6 heteroatoms. The number of benzene rings is 1. The Bertz CT molecular complexity index is 510. The van der Waals surface area contributed by atoms with Crippen molar-refractivity contribution in [1.82, 2.24) is 0 Å². The molecule has 96 valence electrons. The highest BCUT2D eigenvalue weighted by atomic mass is 32.2. The average Bonchev–Trinajstić information content (AvgIpc) is 2.71.